The molecule has 30 heavy (non-hydrogen) atoms. The first kappa shape index (κ1) is 22.2. The molecule has 1 atom stereocenters. The van der Waals surface area contributed by atoms with Crippen molar-refractivity contribution in [2.45, 2.75) is 25.5 Å². The molecule has 0 aromatic heterocycles. The van der Waals surface area contributed by atoms with Crippen molar-refractivity contribution in [2.24, 2.45) is 0 Å². The summed E-state index contributed by atoms with van der Waals surface area (Å²) in [5.74, 6) is -0.968. The Morgan fingerprint density at radius 2 is 1.90 bits per heavy atom. The molecule has 0 spiro atoms. The van der Waals surface area contributed by atoms with Crippen LogP contribution in [-0.4, -0.2) is 23.7 Å². The van der Waals surface area contributed by atoms with Crippen molar-refractivity contribution in [3.63, 3.8) is 0 Å². The highest BCUT2D eigenvalue weighted by atomic mass is 35.5. The van der Waals surface area contributed by atoms with Gasteiger partial charge in [-0.15, -0.1) is 0 Å². The first-order valence-electron chi connectivity index (χ1n) is 9.18. The van der Waals surface area contributed by atoms with Gasteiger partial charge in [-0.2, -0.15) is 5.26 Å². The van der Waals surface area contributed by atoms with Gasteiger partial charge in [-0.3, -0.25) is 9.69 Å². The number of nitriles is 1. The molecule has 0 aliphatic carbocycles. The van der Waals surface area contributed by atoms with E-state index in [9.17, 15) is 14.9 Å². The van der Waals surface area contributed by atoms with E-state index in [0.29, 0.717) is 22.2 Å². The number of rotatable bonds is 5. The van der Waals surface area contributed by atoms with E-state index in [-0.39, 0.29) is 23.1 Å². The van der Waals surface area contributed by atoms with E-state index in [1.54, 1.807) is 37.3 Å². The van der Waals surface area contributed by atoms with Crippen LogP contribution in [0.2, 0.25) is 10.0 Å². The van der Waals surface area contributed by atoms with Gasteiger partial charge in [0.05, 0.1) is 21.9 Å². The third-order valence-corrected chi connectivity index (χ3v) is 6.46. The molecule has 1 heterocycles. The number of hydrogen-bond donors (Lipinski definition) is 0. The lowest BCUT2D eigenvalue weighted by molar-refractivity contribution is -0.138. The van der Waals surface area contributed by atoms with Crippen LogP contribution >= 0.6 is 35.0 Å². The van der Waals surface area contributed by atoms with Gasteiger partial charge in [-0.1, -0.05) is 58.7 Å². The van der Waals surface area contributed by atoms with Gasteiger partial charge in [0.15, 0.2) is 5.57 Å². The summed E-state index contributed by atoms with van der Waals surface area (Å²) in [7, 11) is 0. The Balaban J connectivity index is 2.03. The highest BCUT2D eigenvalue weighted by Crippen LogP contribution is 2.42. The van der Waals surface area contributed by atoms with Crippen LogP contribution < -0.4 is 4.90 Å². The van der Waals surface area contributed by atoms with Crippen LogP contribution in [0.5, 0.6) is 0 Å². The van der Waals surface area contributed by atoms with Gasteiger partial charge in [0, 0.05) is 5.69 Å². The van der Waals surface area contributed by atoms with Crippen molar-refractivity contribution in [2.75, 3.05) is 11.5 Å². The molecule has 0 saturated carbocycles. The number of hydrogen-bond acceptors (Lipinski definition) is 5. The number of anilines is 1. The van der Waals surface area contributed by atoms with Crippen molar-refractivity contribution in [3.05, 3.63) is 74.2 Å². The number of carbonyl (C=O) groups is 2. The van der Waals surface area contributed by atoms with Crippen molar-refractivity contribution in [1.82, 2.24) is 0 Å². The fraction of sp³-hybridized carbons (Fsp3) is 0.227. The highest BCUT2D eigenvalue weighted by Gasteiger charge is 2.41. The minimum atomic E-state index is -0.748. The highest BCUT2D eigenvalue weighted by molar-refractivity contribution is 8.05. The first-order valence-corrected chi connectivity index (χ1v) is 10.8. The Morgan fingerprint density at radius 3 is 2.50 bits per heavy atom. The Bertz CT molecular complexity index is 1060. The third kappa shape index (κ3) is 4.65. The number of thioether (sulfide) groups is 1. The molecule has 0 N–H and O–H groups in total. The zero-order valence-electron chi connectivity index (χ0n) is 16.3. The van der Waals surface area contributed by atoms with E-state index in [0.717, 1.165) is 11.1 Å². The second kappa shape index (κ2) is 9.57. The molecule has 1 saturated heterocycles. The van der Waals surface area contributed by atoms with Gasteiger partial charge >= 0.3 is 5.97 Å². The van der Waals surface area contributed by atoms with Crippen LogP contribution in [0.1, 0.15) is 18.1 Å². The minimum absolute atomic E-state index is 0.132. The van der Waals surface area contributed by atoms with Crippen LogP contribution in [-0.2, 0) is 20.7 Å². The van der Waals surface area contributed by atoms with Crippen LogP contribution in [0, 0.1) is 18.3 Å². The first-order chi connectivity index (χ1) is 14.3. The summed E-state index contributed by atoms with van der Waals surface area (Å²) in [6.45, 7) is 3.73. The standard InChI is InChI=1S/C22H18Cl2N2O3S/c1-3-29-22(28)16(12-25)21-26(15-7-4-13(2)5-8-15)20(27)19(30-21)11-14-6-9-17(23)18(24)10-14/h4-10,19H,3,11H2,1-2H3/b21-16-/t19-/m1/s1. The number of amides is 1. The molecule has 0 unspecified atom stereocenters. The lowest BCUT2D eigenvalue weighted by Crippen LogP contribution is -2.30. The van der Waals surface area contributed by atoms with E-state index >= 15 is 0 Å². The fourth-order valence-corrected chi connectivity index (χ4v) is 4.60. The number of nitrogens with zero attached hydrogens (tertiary/aromatic N) is 2. The van der Waals surface area contributed by atoms with Crippen molar-refractivity contribution >= 4 is 52.5 Å². The molecule has 8 heteroatoms. The summed E-state index contributed by atoms with van der Waals surface area (Å²) < 4.78 is 5.03. The van der Waals surface area contributed by atoms with Gasteiger partial charge in [-0.25, -0.2) is 4.79 Å². The van der Waals surface area contributed by atoms with Crippen molar-refractivity contribution in [3.8, 4) is 6.07 Å². The summed E-state index contributed by atoms with van der Waals surface area (Å²) in [6.07, 6.45) is 0.369. The zero-order chi connectivity index (χ0) is 21.8. The number of esters is 1. The maximum absolute atomic E-state index is 13.3. The van der Waals surface area contributed by atoms with Gasteiger partial charge in [0.2, 0.25) is 5.91 Å². The maximum atomic E-state index is 13.3. The lowest BCUT2D eigenvalue weighted by Gasteiger charge is -2.18. The summed E-state index contributed by atoms with van der Waals surface area (Å²) in [5, 5.41) is 10.2. The Hall–Kier alpha value is -2.46. The number of carbonyl (C=O) groups excluding carboxylic acids is 2. The maximum Gasteiger partial charge on any atom is 0.351 e. The quantitative estimate of drug-likeness (QED) is 0.344. The molecule has 2 aromatic carbocycles. The SMILES string of the molecule is CCOC(=O)/C(C#N)=C1\S[C@H](Cc2ccc(Cl)c(Cl)c2)C(=O)N1c1ccc(C)cc1. The molecular weight excluding hydrogens is 443 g/mol. The number of halogens is 2. The lowest BCUT2D eigenvalue weighted by atomic mass is 10.1. The van der Waals surface area contributed by atoms with Gasteiger partial charge in [-0.05, 0) is 50.1 Å². The monoisotopic (exact) mass is 460 g/mol. The number of benzene rings is 2. The van der Waals surface area contributed by atoms with Crippen LogP contribution in [0.4, 0.5) is 5.69 Å². The van der Waals surface area contributed by atoms with Gasteiger partial charge in [0.1, 0.15) is 11.1 Å². The van der Waals surface area contributed by atoms with E-state index < -0.39 is 11.2 Å². The van der Waals surface area contributed by atoms with E-state index in [4.69, 9.17) is 27.9 Å². The Labute approximate surface area is 189 Å². The number of aryl methyl sites for hydroxylation is 1. The minimum Gasteiger partial charge on any atom is -0.462 e. The van der Waals surface area contributed by atoms with E-state index in [1.807, 2.05) is 25.1 Å². The number of ether oxygens (including phenoxy) is 1. The summed E-state index contributed by atoms with van der Waals surface area (Å²) >= 11 is 13.3. The predicted molar refractivity (Wildman–Crippen MR) is 119 cm³/mol. The Morgan fingerprint density at radius 1 is 1.20 bits per heavy atom. The van der Waals surface area contributed by atoms with E-state index in [2.05, 4.69) is 0 Å². The molecule has 0 bridgehead atoms. The molecule has 0 radical (unpaired) electrons. The molecule has 2 aromatic rings. The normalized spacial score (nSPS) is 17.6. The summed E-state index contributed by atoms with van der Waals surface area (Å²) in [5.41, 5.74) is 2.26. The molecular formula is C22H18Cl2N2O3S. The van der Waals surface area contributed by atoms with Crippen LogP contribution in [0.25, 0.3) is 0 Å². The summed E-state index contributed by atoms with van der Waals surface area (Å²) in [6, 6.07) is 14.4. The van der Waals surface area contributed by atoms with Gasteiger partial charge < -0.3 is 4.74 Å². The molecule has 3 rings (SSSR count). The topological polar surface area (TPSA) is 70.4 Å². The average Bonchev–Trinajstić information content (AvgIpc) is 3.02. The zero-order valence-corrected chi connectivity index (χ0v) is 18.6. The predicted octanol–water partition coefficient (Wildman–Crippen LogP) is 5.29. The molecule has 1 aliphatic rings. The molecule has 5 nitrogen and oxygen atoms in total. The largest absolute Gasteiger partial charge is 0.462 e. The smallest absolute Gasteiger partial charge is 0.351 e. The van der Waals surface area contributed by atoms with Crippen LogP contribution in [0.15, 0.2) is 53.1 Å². The average molecular weight is 461 g/mol. The van der Waals surface area contributed by atoms with Crippen LogP contribution in [0.3, 0.4) is 0 Å². The molecule has 1 aliphatic heterocycles. The van der Waals surface area contributed by atoms with E-state index in [1.165, 1.54) is 16.7 Å². The second-order valence-electron chi connectivity index (χ2n) is 6.58. The summed E-state index contributed by atoms with van der Waals surface area (Å²) in [4.78, 5) is 27.1. The fourth-order valence-electron chi connectivity index (χ4n) is 2.98. The van der Waals surface area contributed by atoms with Gasteiger partial charge in [0.25, 0.3) is 0 Å². The van der Waals surface area contributed by atoms with Crippen molar-refractivity contribution in [1.29, 1.82) is 5.26 Å². The second-order valence-corrected chi connectivity index (χ2v) is 8.59. The van der Waals surface area contributed by atoms with Crippen molar-refractivity contribution < 1.29 is 14.3 Å². The molecule has 154 valence electrons. The molecule has 1 amide bonds. The third-order valence-electron chi connectivity index (χ3n) is 4.46. The molecule has 1 fully saturated rings. The Kier molecular flexibility index (Phi) is 7.09.